The molecule has 6 heteroatoms. The molecule has 0 saturated carbocycles. The molecule has 0 aliphatic carbocycles. The van der Waals surface area contributed by atoms with Gasteiger partial charge in [-0.2, -0.15) is 0 Å². The average Bonchev–Trinajstić information content (AvgIpc) is 3.23. The fourth-order valence-corrected chi connectivity index (χ4v) is 4.81. The van der Waals surface area contributed by atoms with Gasteiger partial charge in [0, 0.05) is 45.3 Å². The minimum absolute atomic E-state index is 0.0880. The molecular weight excluding hydrogens is 377 g/mol. The van der Waals surface area contributed by atoms with Gasteiger partial charge in [-0.25, -0.2) is 4.39 Å². The summed E-state index contributed by atoms with van der Waals surface area (Å²) in [5.74, 6) is 2.37. The molecule has 2 aliphatic rings. The first-order chi connectivity index (χ1) is 14.6. The van der Waals surface area contributed by atoms with Crippen LogP contribution in [0.5, 0.6) is 0 Å². The first-order valence-electron chi connectivity index (χ1n) is 11.8. The summed E-state index contributed by atoms with van der Waals surface area (Å²) in [7, 11) is 1.90. The second-order valence-electron chi connectivity index (χ2n) is 8.83. The van der Waals surface area contributed by atoms with E-state index >= 15 is 0 Å². The van der Waals surface area contributed by atoms with Crippen molar-refractivity contribution in [2.45, 2.75) is 39.7 Å². The molecule has 5 nitrogen and oxygen atoms in total. The summed E-state index contributed by atoms with van der Waals surface area (Å²) in [5.41, 5.74) is 0.808. The van der Waals surface area contributed by atoms with Crippen LogP contribution >= 0.6 is 0 Å². The Morgan fingerprint density at radius 2 is 1.80 bits per heavy atom. The molecule has 0 radical (unpaired) electrons. The van der Waals surface area contributed by atoms with E-state index in [0.717, 1.165) is 82.6 Å². The number of benzene rings is 1. The normalized spacial score (nSPS) is 21.6. The van der Waals surface area contributed by atoms with Gasteiger partial charge in [0.05, 0.1) is 0 Å². The molecule has 1 aromatic rings. The lowest BCUT2D eigenvalue weighted by molar-refractivity contribution is 0.176. The number of guanidine groups is 1. The monoisotopic (exact) mass is 417 g/mol. The van der Waals surface area contributed by atoms with Crippen LogP contribution in [0.25, 0.3) is 0 Å². The molecule has 1 unspecified atom stereocenters. The molecule has 2 heterocycles. The van der Waals surface area contributed by atoms with E-state index in [1.54, 1.807) is 12.1 Å². The second kappa shape index (κ2) is 11.7. The highest BCUT2D eigenvalue weighted by Crippen LogP contribution is 2.21. The number of nitrogens with zero attached hydrogens (tertiary/aromatic N) is 4. The summed E-state index contributed by atoms with van der Waals surface area (Å²) < 4.78 is 13.9. The van der Waals surface area contributed by atoms with E-state index in [1.165, 1.54) is 13.0 Å². The largest absolute Gasteiger partial charge is 0.356 e. The lowest BCUT2D eigenvalue weighted by Gasteiger charge is -2.33. The van der Waals surface area contributed by atoms with Crippen molar-refractivity contribution >= 4 is 5.96 Å². The van der Waals surface area contributed by atoms with Crippen molar-refractivity contribution in [2.75, 3.05) is 59.4 Å². The summed E-state index contributed by atoms with van der Waals surface area (Å²) in [6.07, 6.45) is 3.57. The number of nitrogens with one attached hydrogen (secondary N) is 1. The predicted molar refractivity (Wildman–Crippen MR) is 123 cm³/mol. The minimum atomic E-state index is -0.0880. The maximum Gasteiger partial charge on any atom is 0.193 e. The zero-order valence-electron chi connectivity index (χ0n) is 19.1. The third-order valence-corrected chi connectivity index (χ3v) is 6.82. The highest BCUT2D eigenvalue weighted by molar-refractivity contribution is 5.80. The van der Waals surface area contributed by atoms with Crippen LogP contribution in [0.15, 0.2) is 29.3 Å². The van der Waals surface area contributed by atoms with Crippen LogP contribution in [0.4, 0.5) is 4.39 Å². The molecule has 1 atom stereocenters. The Kier molecular flexibility index (Phi) is 8.94. The van der Waals surface area contributed by atoms with Crippen molar-refractivity contribution in [3.05, 3.63) is 35.6 Å². The Morgan fingerprint density at radius 1 is 1.10 bits per heavy atom. The summed E-state index contributed by atoms with van der Waals surface area (Å²) in [4.78, 5) is 11.9. The Labute approximate surface area is 182 Å². The molecule has 0 spiro atoms. The van der Waals surface area contributed by atoms with Crippen LogP contribution in [0.1, 0.15) is 38.7 Å². The van der Waals surface area contributed by atoms with Crippen molar-refractivity contribution in [3.63, 3.8) is 0 Å². The molecule has 0 aromatic heterocycles. The van der Waals surface area contributed by atoms with Crippen molar-refractivity contribution in [1.29, 1.82) is 0 Å². The summed E-state index contributed by atoms with van der Waals surface area (Å²) >= 11 is 0. The van der Waals surface area contributed by atoms with Crippen molar-refractivity contribution < 1.29 is 4.39 Å². The van der Waals surface area contributed by atoms with Gasteiger partial charge in [-0.05, 0) is 63.3 Å². The van der Waals surface area contributed by atoms with Gasteiger partial charge in [-0.3, -0.25) is 9.89 Å². The third kappa shape index (κ3) is 6.42. The molecule has 1 aromatic carbocycles. The summed E-state index contributed by atoms with van der Waals surface area (Å²) in [5, 5.41) is 3.64. The molecule has 168 valence electrons. The quantitative estimate of drug-likeness (QED) is 0.520. The lowest BCUT2D eigenvalue weighted by atomic mass is 9.96. The minimum Gasteiger partial charge on any atom is -0.356 e. The van der Waals surface area contributed by atoms with Crippen LogP contribution < -0.4 is 5.32 Å². The maximum atomic E-state index is 13.9. The molecule has 0 amide bonds. The van der Waals surface area contributed by atoms with Gasteiger partial charge in [0.25, 0.3) is 0 Å². The van der Waals surface area contributed by atoms with Gasteiger partial charge in [-0.1, -0.05) is 32.0 Å². The van der Waals surface area contributed by atoms with Crippen molar-refractivity contribution in [1.82, 2.24) is 20.0 Å². The fourth-order valence-electron chi connectivity index (χ4n) is 4.81. The topological polar surface area (TPSA) is 34.1 Å². The van der Waals surface area contributed by atoms with E-state index in [9.17, 15) is 4.39 Å². The predicted octanol–water partition coefficient (Wildman–Crippen LogP) is 3.28. The number of hydrogen-bond acceptors (Lipinski definition) is 3. The van der Waals surface area contributed by atoms with E-state index in [0.29, 0.717) is 5.92 Å². The van der Waals surface area contributed by atoms with Gasteiger partial charge >= 0.3 is 0 Å². The van der Waals surface area contributed by atoms with Crippen LogP contribution in [-0.4, -0.2) is 80.1 Å². The standard InChI is InChI=1S/C24H40FN5/c1-4-28(5-2)17-21-12-15-30(18-21)24(26-3)27-16-20-10-13-29(14-11-20)19-22-8-6-7-9-23(22)25/h6-9,20-21H,4-5,10-19H2,1-3H3,(H,26,27). The molecular formula is C24H40FN5. The second-order valence-corrected chi connectivity index (χ2v) is 8.83. The van der Waals surface area contributed by atoms with Gasteiger partial charge in [-0.15, -0.1) is 0 Å². The maximum absolute atomic E-state index is 13.9. The molecule has 2 saturated heterocycles. The lowest BCUT2D eigenvalue weighted by Crippen LogP contribution is -2.44. The summed E-state index contributed by atoms with van der Waals surface area (Å²) in [6.45, 7) is 13.9. The molecule has 2 aliphatic heterocycles. The van der Waals surface area contributed by atoms with Crippen LogP contribution in [-0.2, 0) is 6.54 Å². The Hall–Kier alpha value is -1.66. The Bertz CT molecular complexity index is 667. The van der Waals surface area contributed by atoms with Gasteiger partial charge in [0.1, 0.15) is 5.82 Å². The van der Waals surface area contributed by atoms with E-state index in [4.69, 9.17) is 0 Å². The zero-order valence-corrected chi connectivity index (χ0v) is 19.1. The number of aliphatic imine (C=N–C) groups is 1. The van der Waals surface area contributed by atoms with Gasteiger partial charge in [0.2, 0.25) is 0 Å². The fraction of sp³-hybridized carbons (Fsp3) is 0.708. The molecule has 30 heavy (non-hydrogen) atoms. The van der Waals surface area contributed by atoms with Crippen molar-refractivity contribution in [2.24, 2.45) is 16.8 Å². The molecule has 3 rings (SSSR count). The summed E-state index contributed by atoms with van der Waals surface area (Å²) in [6, 6.07) is 7.14. The molecule has 2 fully saturated rings. The number of halogens is 1. The van der Waals surface area contributed by atoms with E-state index in [2.05, 4.69) is 38.9 Å². The highest BCUT2D eigenvalue weighted by atomic mass is 19.1. The first kappa shape index (κ1) is 23.0. The Balaban J connectivity index is 1.39. The highest BCUT2D eigenvalue weighted by Gasteiger charge is 2.27. The van der Waals surface area contributed by atoms with Crippen LogP contribution in [0, 0.1) is 17.7 Å². The first-order valence-corrected chi connectivity index (χ1v) is 11.8. The van der Waals surface area contributed by atoms with Gasteiger partial charge in [0.15, 0.2) is 5.96 Å². The average molecular weight is 418 g/mol. The van der Waals surface area contributed by atoms with Crippen LogP contribution in [0.2, 0.25) is 0 Å². The molecule has 1 N–H and O–H groups in total. The number of rotatable bonds is 8. The van der Waals surface area contributed by atoms with Crippen LogP contribution in [0.3, 0.4) is 0 Å². The number of hydrogen-bond donors (Lipinski definition) is 1. The number of piperidine rings is 1. The zero-order chi connectivity index (χ0) is 21.3. The third-order valence-electron chi connectivity index (χ3n) is 6.82. The molecule has 0 bridgehead atoms. The van der Waals surface area contributed by atoms with Crippen molar-refractivity contribution in [3.8, 4) is 0 Å². The van der Waals surface area contributed by atoms with Gasteiger partial charge < -0.3 is 15.1 Å². The SMILES string of the molecule is CCN(CC)CC1CCN(C(=NC)NCC2CCN(Cc3ccccc3F)CC2)C1. The Morgan fingerprint density at radius 3 is 2.47 bits per heavy atom. The van der Waals surface area contributed by atoms with E-state index in [-0.39, 0.29) is 5.82 Å². The van der Waals surface area contributed by atoms with E-state index < -0.39 is 0 Å². The number of likely N-dealkylation sites (tertiary alicyclic amines) is 2. The smallest absolute Gasteiger partial charge is 0.193 e. The van der Waals surface area contributed by atoms with E-state index in [1.807, 2.05) is 19.2 Å².